The van der Waals surface area contributed by atoms with E-state index in [4.69, 9.17) is 4.74 Å². The van der Waals surface area contributed by atoms with Crippen LogP contribution in [0.1, 0.15) is 43.2 Å². The summed E-state index contributed by atoms with van der Waals surface area (Å²) < 4.78 is 6.67. The lowest BCUT2D eigenvalue weighted by atomic mass is 9.92. The topological polar surface area (TPSA) is 27.7 Å². The standard InChI is InChI=1S/C21H25N3OS/c1-15(2)23-11-9-21(10-12-23)24-18(16-6-3-4-7-19(16)25-21)14-17(22-24)20-8-5-13-26-20/h3-8,13-15,18,22H,9-12H2,1-2H3/t18-/m1/s1. The number of hydrogen-bond donors (Lipinski definition) is 1. The highest BCUT2D eigenvalue weighted by molar-refractivity contribution is 7.11. The Bertz CT molecular complexity index is 822. The van der Waals surface area contributed by atoms with Crippen LogP contribution in [-0.2, 0) is 0 Å². The molecule has 1 N–H and O–H groups in total. The Morgan fingerprint density at radius 3 is 2.69 bits per heavy atom. The van der Waals surface area contributed by atoms with Gasteiger partial charge in [0.2, 0.25) is 0 Å². The first-order valence-electron chi connectivity index (χ1n) is 9.50. The van der Waals surface area contributed by atoms with Crippen LogP contribution in [-0.4, -0.2) is 34.8 Å². The summed E-state index contributed by atoms with van der Waals surface area (Å²) in [6.45, 7) is 6.70. The van der Waals surface area contributed by atoms with Crippen molar-refractivity contribution in [3.63, 3.8) is 0 Å². The number of rotatable bonds is 2. The van der Waals surface area contributed by atoms with Crippen LogP contribution in [0.3, 0.4) is 0 Å². The molecule has 1 aromatic carbocycles. The number of ether oxygens (including phenoxy) is 1. The smallest absolute Gasteiger partial charge is 0.182 e. The van der Waals surface area contributed by atoms with Crippen LogP contribution in [0, 0.1) is 0 Å². The zero-order valence-electron chi connectivity index (χ0n) is 15.3. The van der Waals surface area contributed by atoms with Crippen molar-refractivity contribution in [1.29, 1.82) is 0 Å². The number of fused-ring (bicyclic) bond motifs is 4. The van der Waals surface area contributed by atoms with Crippen molar-refractivity contribution < 1.29 is 4.74 Å². The molecule has 26 heavy (non-hydrogen) atoms. The average molecular weight is 368 g/mol. The predicted molar refractivity (Wildman–Crippen MR) is 106 cm³/mol. The fourth-order valence-electron chi connectivity index (χ4n) is 4.43. The average Bonchev–Trinajstić information content (AvgIpc) is 3.32. The summed E-state index contributed by atoms with van der Waals surface area (Å²) in [6, 6.07) is 13.6. The number of para-hydroxylation sites is 1. The molecule has 3 aliphatic heterocycles. The number of thiophene rings is 1. The van der Waals surface area contributed by atoms with Crippen molar-refractivity contribution in [2.45, 2.75) is 44.5 Å². The van der Waals surface area contributed by atoms with Gasteiger partial charge in [-0.2, -0.15) is 5.01 Å². The number of likely N-dealkylation sites (tertiary alicyclic amines) is 1. The summed E-state index contributed by atoms with van der Waals surface area (Å²) in [7, 11) is 0. The third-order valence-corrected chi connectivity index (χ3v) is 6.82. The lowest BCUT2D eigenvalue weighted by molar-refractivity contribution is -0.161. The molecule has 1 fully saturated rings. The monoisotopic (exact) mass is 367 g/mol. The van der Waals surface area contributed by atoms with Gasteiger partial charge < -0.3 is 15.1 Å². The minimum absolute atomic E-state index is 0.225. The predicted octanol–water partition coefficient (Wildman–Crippen LogP) is 4.24. The second-order valence-corrected chi connectivity index (χ2v) is 8.65. The van der Waals surface area contributed by atoms with Crippen LogP contribution in [0.15, 0.2) is 47.9 Å². The van der Waals surface area contributed by atoms with Gasteiger partial charge in [0.1, 0.15) is 5.75 Å². The summed E-state index contributed by atoms with van der Waals surface area (Å²) in [6.07, 6.45) is 4.38. The van der Waals surface area contributed by atoms with Gasteiger partial charge in [-0.15, -0.1) is 11.3 Å². The molecule has 0 radical (unpaired) electrons. The van der Waals surface area contributed by atoms with Gasteiger partial charge in [0.15, 0.2) is 5.72 Å². The van der Waals surface area contributed by atoms with Crippen LogP contribution in [0.25, 0.3) is 5.70 Å². The lowest BCUT2D eigenvalue weighted by Crippen LogP contribution is -2.64. The first kappa shape index (κ1) is 16.4. The van der Waals surface area contributed by atoms with Crippen LogP contribution in [0.4, 0.5) is 0 Å². The molecule has 4 nitrogen and oxygen atoms in total. The molecule has 2 aromatic rings. The van der Waals surface area contributed by atoms with Gasteiger partial charge >= 0.3 is 0 Å². The van der Waals surface area contributed by atoms with E-state index in [2.05, 4.69) is 77.0 Å². The van der Waals surface area contributed by atoms with Crippen molar-refractivity contribution in [2.75, 3.05) is 13.1 Å². The third-order valence-electron chi connectivity index (χ3n) is 5.92. The highest BCUT2D eigenvalue weighted by Gasteiger charge is 2.51. The van der Waals surface area contributed by atoms with Gasteiger partial charge in [0.05, 0.1) is 16.6 Å². The molecule has 3 aliphatic rings. The molecule has 1 saturated heterocycles. The molecule has 0 aliphatic carbocycles. The van der Waals surface area contributed by atoms with Gasteiger partial charge in [0, 0.05) is 37.5 Å². The Kier molecular flexibility index (Phi) is 3.85. The molecule has 136 valence electrons. The van der Waals surface area contributed by atoms with Gasteiger partial charge in [-0.1, -0.05) is 24.3 Å². The second-order valence-electron chi connectivity index (χ2n) is 7.70. The summed E-state index contributed by atoms with van der Waals surface area (Å²) >= 11 is 1.78. The molecule has 0 unspecified atom stereocenters. The maximum Gasteiger partial charge on any atom is 0.182 e. The molecule has 1 aromatic heterocycles. The van der Waals surface area contributed by atoms with E-state index < -0.39 is 0 Å². The van der Waals surface area contributed by atoms with E-state index in [1.807, 2.05) is 0 Å². The molecule has 4 heterocycles. The number of nitrogens with one attached hydrogen (secondary N) is 1. The zero-order chi connectivity index (χ0) is 17.7. The van der Waals surface area contributed by atoms with E-state index >= 15 is 0 Å². The summed E-state index contributed by atoms with van der Waals surface area (Å²) in [5.74, 6) is 1.04. The van der Waals surface area contributed by atoms with Gasteiger partial charge in [-0.05, 0) is 37.4 Å². The Morgan fingerprint density at radius 1 is 1.15 bits per heavy atom. The summed E-state index contributed by atoms with van der Waals surface area (Å²) in [4.78, 5) is 3.83. The van der Waals surface area contributed by atoms with E-state index in [0.717, 1.165) is 31.7 Å². The zero-order valence-corrected chi connectivity index (χ0v) is 16.1. The van der Waals surface area contributed by atoms with Crippen molar-refractivity contribution in [3.8, 4) is 5.75 Å². The van der Waals surface area contributed by atoms with Gasteiger partial charge in [-0.3, -0.25) is 0 Å². The Morgan fingerprint density at radius 2 is 1.96 bits per heavy atom. The molecule has 0 saturated carbocycles. The fraction of sp³-hybridized carbons (Fsp3) is 0.429. The first-order valence-corrected chi connectivity index (χ1v) is 10.4. The first-order chi connectivity index (χ1) is 12.7. The van der Waals surface area contributed by atoms with Crippen molar-refractivity contribution in [2.24, 2.45) is 0 Å². The molecule has 1 spiro atoms. The molecule has 0 bridgehead atoms. The van der Waals surface area contributed by atoms with Crippen molar-refractivity contribution in [3.05, 3.63) is 58.3 Å². The minimum Gasteiger partial charge on any atom is -0.470 e. The van der Waals surface area contributed by atoms with Crippen molar-refractivity contribution >= 4 is 17.0 Å². The van der Waals surface area contributed by atoms with E-state index in [-0.39, 0.29) is 11.8 Å². The highest BCUT2D eigenvalue weighted by Crippen LogP contribution is 2.48. The maximum absolute atomic E-state index is 6.67. The van der Waals surface area contributed by atoms with Crippen LogP contribution < -0.4 is 10.2 Å². The largest absolute Gasteiger partial charge is 0.470 e. The Balaban J connectivity index is 1.52. The Labute approximate surface area is 159 Å². The van der Waals surface area contributed by atoms with Gasteiger partial charge in [-0.25, -0.2) is 0 Å². The van der Waals surface area contributed by atoms with Gasteiger partial charge in [0.25, 0.3) is 0 Å². The molecule has 5 rings (SSSR count). The summed E-state index contributed by atoms with van der Waals surface area (Å²) in [5, 5.41) is 4.51. The molecule has 1 atom stereocenters. The molecular weight excluding hydrogens is 342 g/mol. The molecular formula is C21H25N3OS. The normalized spacial score (nSPS) is 24.7. The number of nitrogens with zero attached hydrogens (tertiary/aromatic N) is 2. The lowest BCUT2D eigenvalue weighted by Gasteiger charge is -2.52. The van der Waals surface area contributed by atoms with Crippen LogP contribution >= 0.6 is 11.3 Å². The second kappa shape index (κ2) is 6.12. The highest BCUT2D eigenvalue weighted by atomic mass is 32.1. The van der Waals surface area contributed by atoms with Crippen LogP contribution in [0.5, 0.6) is 5.75 Å². The van der Waals surface area contributed by atoms with E-state index in [9.17, 15) is 0 Å². The van der Waals surface area contributed by atoms with E-state index in [1.165, 1.54) is 16.1 Å². The minimum atomic E-state index is -0.278. The number of piperidine rings is 1. The maximum atomic E-state index is 6.67. The summed E-state index contributed by atoms with van der Waals surface area (Å²) in [5.41, 5.74) is 5.88. The van der Waals surface area contributed by atoms with E-state index in [1.54, 1.807) is 11.3 Å². The molecule has 5 heteroatoms. The van der Waals surface area contributed by atoms with Crippen LogP contribution in [0.2, 0.25) is 0 Å². The number of hydrogen-bond acceptors (Lipinski definition) is 5. The van der Waals surface area contributed by atoms with E-state index in [0.29, 0.717) is 6.04 Å². The quantitative estimate of drug-likeness (QED) is 0.859. The van der Waals surface area contributed by atoms with Crippen molar-refractivity contribution in [1.82, 2.24) is 15.3 Å². The fourth-order valence-corrected chi connectivity index (χ4v) is 5.13. The third kappa shape index (κ3) is 2.49. The number of benzene rings is 1. The number of hydrazine groups is 1. The SMILES string of the molecule is CC(C)N1CCC2(CC1)Oc1ccccc1[C@H]1C=C(c3cccs3)NN12. The Hall–Kier alpha value is -1.82. The molecule has 0 amide bonds.